The fourth-order valence-corrected chi connectivity index (χ4v) is 3.20. The molecular weight excluding hydrogens is 403 g/mol. The summed E-state index contributed by atoms with van der Waals surface area (Å²) in [6.45, 7) is 0.0252. The Hall–Kier alpha value is -3.23. The Morgan fingerprint density at radius 3 is 2.61 bits per heavy atom. The van der Waals surface area contributed by atoms with E-state index in [0.29, 0.717) is 6.54 Å². The summed E-state index contributed by atoms with van der Waals surface area (Å²) in [7, 11) is 1.59. The molecule has 0 unspecified atom stereocenters. The maximum atomic E-state index is 13.3. The summed E-state index contributed by atoms with van der Waals surface area (Å²) in [5.74, 6) is -0.455. The number of halogens is 1. The maximum absolute atomic E-state index is 13.3. The number of carbonyl (C=O) groups excluding carboxylic acids is 2. The molecule has 1 aliphatic rings. The fraction of sp³-hybridized carbons (Fsp3) is 0.304. The molecule has 2 aromatic carbocycles. The molecule has 0 aliphatic carbocycles. The molecule has 2 aromatic rings. The summed E-state index contributed by atoms with van der Waals surface area (Å²) in [4.78, 5) is 24.6. The number of carbonyl (C=O) groups is 2. The van der Waals surface area contributed by atoms with Gasteiger partial charge in [0.1, 0.15) is 17.7 Å². The second kappa shape index (κ2) is 10.7. The Balaban J connectivity index is 1.51. The summed E-state index contributed by atoms with van der Waals surface area (Å²) < 4.78 is 24.2. The van der Waals surface area contributed by atoms with Crippen molar-refractivity contribution in [3.8, 4) is 5.75 Å². The minimum atomic E-state index is -0.720. The van der Waals surface area contributed by atoms with Gasteiger partial charge in [-0.15, -0.1) is 0 Å². The lowest BCUT2D eigenvalue weighted by Gasteiger charge is -2.31. The van der Waals surface area contributed by atoms with Crippen LogP contribution in [0.25, 0.3) is 0 Å². The first-order valence-electron chi connectivity index (χ1n) is 9.89. The highest BCUT2D eigenvalue weighted by Gasteiger charge is 2.29. The van der Waals surface area contributed by atoms with E-state index in [0.717, 1.165) is 17.4 Å². The Morgan fingerprint density at radius 1 is 1.16 bits per heavy atom. The lowest BCUT2D eigenvalue weighted by Crippen LogP contribution is -2.49. The van der Waals surface area contributed by atoms with Gasteiger partial charge in [0, 0.05) is 12.1 Å². The van der Waals surface area contributed by atoms with E-state index in [9.17, 15) is 19.1 Å². The predicted octanol–water partition coefficient (Wildman–Crippen LogP) is 1.96. The molecular formula is C23H25FN2O5. The Bertz CT molecular complexity index is 932. The van der Waals surface area contributed by atoms with Gasteiger partial charge in [0.15, 0.2) is 0 Å². The van der Waals surface area contributed by atoms with E-state index in [1.807, 2.05) is 24.3 Å². The number of aliphatic hydroxyl groups is 1. The molecule has 0 fully saturated rings. The van der Waals surface area contributed by atoms with Crippen molar-refractivity contribution in [2.24, 2.45) is 0 Å². The maximum Gasteiger partial charge on any atom is 0.251 e. The number of amides is 2. The minimum absolute atomic E-state index is 0.0771. The van der Waals surface area contributed by atoms with Crippen LogP contribution in [0.4, 0.5) is 4.39 Å². The summed E-state index contributed by atoms with van der Waals surface area (Å²) in [5, 5.41) is 15.2. The van der Waals surface area contributed by atoms with Gasteiger partial charge >= 0.3 is 0 Å². The van der Waals surface area contributed by atoms with Crippen molar-refractivity contribution >= 4 is 11.8 Å². The topological polar surface area (TPSA) is 96.9 Å². The number of benzene rings is 2. The first-order chi connectivity index (χ1) is 15.0. The van der Waals surface area contributed by atoms with Crippen LogP contribution in [-0.4, -0.2) is 48.9 Å². The minimum Gasteiger partial charge on any atom is -0.497 e. The number of ether oxygens (including phenoxy) is 2. The molecule has 0 spiro atoms. The SMILES string of the molecule is COc1ccc(CNC(=O)C[C@H]2C=C[C@H](NC(=O)c3cccc(F)c3)[C@@H](CO)O2)cc1. The van der Waals surface area contributed by atoms with Crippen LogP contribution < -0.4 is 15.4 Å². The van der Waals surface area contributed by atoms with E-state index in [-0.39, 0.29) is 24.5 Å². The number of methoxy groups -OCH3 is 1. The van der Waals surface area contributed by atoms with Gasteiger partial charge in [-0.05, 0) is 35.9 Å². The van der Waals surface area contributed by atoms with Gasteiger partial charge in [0.25, 0.3) is 5.91 Å². The second-order valence-corrected chi connectivity index (χ2v) is 7.12. The number of hydrogen-bond donors (Lipinski definition) is 3. The average Bonchev–Trinajstić information content (AvgIpc) is 2.79. The molecule has 1 aliphatic heterocycles. The molecule has 0 radical (unpaired) electrons. The molecule has 8 heteroatoms. The van der Waals surface area contributed by atoms with Crippen LogP contribution in [0.2, 0.25) is 0 Å². The van der Waals surface area contributed by atoms with Crippen molar-refractivity contribution in [3.05, 3.63) is 77.6 Å². The molecule has 2 amide bonds. The summed E-state index contributed by atoms with van der Waals surface area (Å²) >= 11 is 0. The number of aliphatic hydroxyl groups excluding tert-OH is 1. The van der Waals surface area contributed by atoms with Gasteiger partial charge in [-0.2, -0.15) is 0 Å². The van der Waals surface area contributed by atoms with E-state index < -0.39 is 30.0 Å². The molecule has 7 nitrogen and oxygen atoms in total. The van der Waals surface area contributed by atoms with Crippen molar-refractivity contribution in [1.29, 1.82) is 0 Å². The van der Waals surface area contributed by atoms with Crippen LogP contribution in [-0.2, 0) is 16.1 Å². The van der Waals surface area contributed by atoms with Crippen molar-refractivity contribution < 1.29 is 28.6 Å². The molecule has 3 atom stereocenters. The van der Waals surface area contributed by atoms with E-state index in [1.54, 1.807) is 19.3 Å². The van der Waals surface area contributed by atoms with Crippen LogP contribution in [0.3, 0.4) is 0 Å². The van der Waals surface area contributed by atoms with Gasteiger partial charge in [-0.3, -0.25) is 9.59 Å². The number of rotatable bonds is 8. The molecule has 3 rings (SSSR count). The van der Waals surface area contributed by atoms with Crippen LogP contribution >= 0.6 is 0 Å². The third-order valence-corrected chi connectivity index (χ3v) is 4.88. The van der Waals surface area contributed by atoms with Crippen molar-refractivity contribution in [3.63, 3.8) is 0 Å². The van der Waals surface area contributed by atoms with Crippen LogP contribution in [0.15, 0.2) is 60.7 Å². The zero-order valence-corrected chi connectivity index (χ0v) is 17.1. The highest BCUT2D eigenvalue weighted by molar-refractivity contribution is 5.94. The van der Waals surface area contributed by atoms with Gasteiger partial charge in [0.05, 0.1) is 32.3 Å². The average molecular weight is 428 g/mol. The van der Waals surface area contributed by atoms with Crippen LogP contribution in [0.1, 0.15) is 22.3 Å². The van der Waals surface area contributed by atoms with Gasteiger partial charge in [-0.25, -0.2) is 4.39 Å². The van der Waals surface area contributed by atoms with E-state index in [2.05, 4.69) is 10.6 Å². The summed E-state index contributed by atoms with van der Waals surface area (Å²) in [6, 6.07) is 12.1. The summed E-state index contributed by atoms with van der Waals surface area (Å²) in [6.07, 6.45) is 2.18. The molecule has 0 bridgehead atoms. The first kappa shape index (κ1) is 22.5. The van der Waals surface area contributed by atoms with Gasteiger partial charge in [-0.1, -0.05) is 30.4 Å². The van der Waals surface area contributed by atoms with Crippen molar-refractivity contribution in [2.75, 3.05) is 13.7 Å². The van der Waals surface area contributed by atoms with Crippen molar-refractivity contribution in [2.45, 2.75) is 31.2 Å². The lowest BCUT2D eigenvalue weighted by atomic mass is 10.0. The Labute approximate surface area is 179 Å². The van der Waals surface area contributed by atoms with Gasteiger partial charge in [0.2, 0.25) is 5.91 Å². The molecule has 1 heterocycles. The van der Waals surface area contributed by atoms with E-state index >= 15 is 0 Å². The molecule has 0 aromatic heterocycles. The lowest BCUT2D eigenvalue weighted by molar-refractivity contribution is -0.125. The largest absolute Gasteiger partial charge is 0.497 e. The number of nitrogens with one attached hydrogen (secondary N) is 2. The molecule has 164 valence electrons. The highest BCUT2D eigenvalue weighted by atomic mass is 19.1. The fourth-order valence-electron chi connectivity index (χ4n) is 3.20. The smallest absolute Gasteiger partial charge is 0.251 e. The highest BCUT2D eigenvalue weighted by Crippen LogP contribution is 2.17. The molecule has 31 heavy (non-hydrogen) atoms. The third kappa shape index (κ3) is 6.37. The van der Waals surface area contributed by atoms with Crippen LogP contribution in [0, 0.1) is 5.82 Å². The monoisotopic (exact) mass is 428 g/mol. The molecule has 3 N–H and O–H groups in total. The predicted molar refractivity (Wildman–Crippen MR) is 112 cm³/mol. The molecule has 0 saturated carbocycles. The normalized spacial score (nSPS) is 20.2. The zero-order chi connectivity index (χ0) is 22.2. The van der Waals surface area contributed by atoms with Gasteiger partial charge < -0.3 is 25.2 Å². The third-order valence-electron chi connectivity index (χ3n) is 4.88. The zero-order valence-electron chi connectivity index (χ0n) is 17.1. The van der Waals surface area contributed by atoms with E-state index in [4.69, 9.17) is 9.47 Å². The number of hydrogen-bond acceptors (Lipinski definition) is 5. The Kier molecular flexibility index (Phi) is 7.75. The Morgan fingerprint density at radius 2 is 1.94 bits per heavy atom. The second-order valence-electron chi connectivity index (χ2n) is 7.12. The molecule has 0 saturated heterocycles. The first-order valence-corrected chi connectivity index (χ1v) is 9.89. The standard InChI is InChI=1S/C23H25FN2O5/c1-30-18-7-5-15(6-8-18)13-25-22(28)12-19-9-10-20(21(14-27)31-19)26-23(29)16-3-2-4-17(24)11-16/h2-11,19-21,27H,12-14H2,1H3,(H,25,28)(H,26,29)/t19-,20+,21-/m1/s1. The quantitative estimate of drug-likeness (QED) is 0.559. The van der Waals surface area contributed by atoms with E-state index in [1.165, 1.54) is 18.2 Å². The van der Waals surface area contributed by atoms with Crippen LogP contribution in [0.5, 0.6) is 5.75 Å². The van der Waals surface area contributed by atoms with Crippen molar-refractivity contribution in [1.82, 2.24) is 10.6 Å². The summed E-state index contributed by atoms with van der Waals surface area (Å²) in [5.41, 5.74) is 1.10.